The SMILES string of the molecule is COC(=O)c1ccc(C(CC#N)C(Cl)(Cl)Br)cc1. The van der Waals surface area contributed by atoms with Crippen LogP contribution in [0.3, 0.4) is 0 Å². The molecule has 0 heterocycles. The number of carbonyl (C=O) groups is 1. The Morgan fingerprint density at radius 2 is 2.06 bits per heavy atom. The van der Waals surface area contributed by atoms with Gasteiger partial charge in [-0.1, -0.05) is 35.3 Å². The van der Waals surface area contributed by atoms with Crippen molar-refractivity contribution in [2.45, 2.75) is 15.6 Å². The Morgan fingerprint density at radius 1 is 1.50 bits per heavy atom. The molecule has 0 N–H and O–H groups in total. The molecule has 0 amide bonds. The van der Waals surface area contributed by atoms with Gasteiger partial charge in [-0.05, 0) is 33.6 Å². The van der Waals surface area contributed by atoms with Crippen LogP contribution in [-0.2, 0) is 4.74 Å². The summed E-state index contributed by atoms with van der Waals surface area (Å²) < 4.78 is 3.37. The van der Waals surface area contributed by atoms with Crippen LogP contribution < -0.4 is 0 Å². The van der Waals surface area contributed by atoms with Gasteiger partial charge in [0.05, 0.1) is 18.7 Å². The minimum absolute atomic E-state index is 0.163. The van der Waals surface area contributed by atoms with E-state index in [-0.39, 0.29) is 6.42 Å². The highest BCUT2D eigenvalue weighted by atomic mass is 79.9. The first-order chi connectivity index (χ1) is 8.40. The predicted molar refractivity (Wildman–Crippen MR) is 74.1 cm³/mol. The molecule has 1 atom stereocenters. The lowest BCUT2D eigenvalue weighted by Crippen LogP contribution is -2.16. The molecule has 0 saturated carbocycles. The van der Waals surface area contributed by atoms with Gasteiger partial charge in [-0.25, -0.2) is 4.79 Å². The van der Waals surface area contributed by atoms with Gasteiger partial charge in [0.15, 0.2) is 3.24 Å². The number of nitriles is 1. The number of esters is 1. The second kappa shape index (κ2) is 6.42. The Labute approximate surface area is 124 Å². The number of benzene rings is 1. The largest absolute Gasteiger partial charge is 0.465 e. The zero-order valence-corrected chi connectivity index (χ0v) is 12.6. The van der Waals surface area contributed by atoms with Crippen LogP contribution in [0.25, 0.3) is 0 Å². The van der Waals surface area contributed by atoms with Gasteiger partial charge in [-0.2, -0.15) is 5.26 Å². The molecule has 0 aliphatic carbocycles. The summed E-state index contributed by atoms with van der Waals surface area (Å²) in [6.45, 7) is 0. The maximum atomic E-state index is 11.3. The van der Waals surface area contributed by atoms with Gasteiger partial charge in [-0.15, -0.1) is 0 Å². The monoisotopic (exact) mass is 349 g/mol. The van der Waals surface area contributed by atoms with Crippen LogP contribution in [-0.4, -0.2) is 16.3 Å². The molecule has 0 aliphatic heterocycles. The van der Waals surface area contributed by atoms with E-state index in [4.69, 9.17) is 28.5 Å². The van der Waals surface area contributed by atoms with Crippen LogP contribution in [0.2, 0.25) is 0 Å². The quantitative estimate of drug-likeness (QED) is 0.609. The van der Waals surface area contributed by atoms with E-state index in [0.29, 0.717) is 5.56 Å². The standard InChI is InChI=1S/C12H10BrCl2NO2/c1-18-11(17)9-4-2-8(3-5-9)10(6-7-16)12(13,14)15/h2-5,10H,6H2,1H3. The number of ether oxygens (including phenoxy) is 1. The first-order valence-corrected chi connectivity index (χ1v) is 6.57. The zero-order valence-electron chi connectivity index (χ0n) is 9.49. The smallest absolute Gasteiger partial charge is 0.337 e. The fourth-order valence-electron chi connectivity index (χ4n) is 1.48. The molecule has 3 nitrogen and oxygen atoms in total. The lowest BCUT2D eigenvalue weighted by Gasteiger charge is -2.22. The Kier molecular flexibility index (Phi) is 5.46. The maximum absolute atomic E-state index is 11.3. The van der Waals surface area contributed by atoms with Gasteiger partial charge >= 0.3 is 5.97 Å². The summed E-state index contributed by atoms with van der Waals surface area (Å²) >= 11 is 15.1. The fraction of sp³-hybridized carbons (Fsp3) is 0.333. The molecule has 0 aliphatic rings. The van der Waals surface area contributed by atoms with Gasteiger partial charge in [0.1, 0.15) is 0 Å². The van der Waals surface area contributed by atoms with Crippen molar-refractivity contribution in [3.05, 3.63) is 35.4 Å². The van der Waals surface area contributed by atoms with E-state index in [9.17, 15) is 4.79 Å². The molecule has 0 saturated heterocycles. The van der Waals surface area contributed by atoms with Gasteiger partial charge in [-0.3, -0.25) is 0 Å². The molecule has 1 unspecified atom stereocenters. The zero-order chi connectivity index (χ0) is 13.8. The van der Waals surface area contributed by atoms with Crippen molar-refractivity contribution in [2.24, 2.45) is 0 Å². The van der Waals surface area contributed by atoms with E-state index < -0.39 is 15.1 Å². The number of methoxy groups -OCH3 is 1. The number of halogens is 3. The molecule has 0 spiro atoms. The highest BCUT2D eigenvalue weighted by molar-refractivity contribution is 9.11. The fourth-order valence-corrected chi connectivity index (χ4v) is 2.32. The summed E-state index contributed by atoms with van der Waals surface area (Å²) in [7, 11) is 1.32. The summed E-state index contributed by atoms with van der Waals surface area (Å²) in [4.78, 5) is 11.3. The lowest BCUT2D eigenvalue weighted by molar-refractivity contribution is 0.0600. The summed E-state index contributed by atoms with van der Waals surface area (Å²) in [5, 5.41) is 8.78. The van der Waals surface area contributed by atoms with Gasteiger partial charge in [0.2, 0.25) is 0 Å². The first-order valence-electron chi connectivity index (χ1n) is 5.02. The molecule has 1 rings (SSSR count). The summed E-state index contributed by atoms with van der Waals surface area (Å²) in [6, 6.07) is 8.66. The van der Waals surface area contributed by atoms with Gasteiger partial charge < -0.3 is 4.74 Å². The van der Waals surface area contributed by atoms with Crippen LogP contribution in [0, 0.1) is 11.3 Å². The van der Waals surface area contributed by atoms with E-state index >= 15 is 0 Å². The van der Waals surface area contributed by atoms with Crippen molar-refractivity contribution in [2.75, 3.05) is 7.11 Å². The average molecular weight is 351 g/mol. The number of hydrogen-bond donors (Lipinski definition) is 0. The van der Waals surface area contributed by atoms with E-state index in [1.54, 1.807) is 24.3 Å². The van der Waals surface area contributed by atoms with Crippen LogP contribution in [0.4, 0.5) is 0 Å². The van der Waals surface area contributed by atoms with Crippen LogP contribution in [0.1, 0.15) is 28.3 Å². The van der Waals surface area contributed by atoms with Crippen molar-refractivity contribution >= 4 is 45.1 Å². The van der Waals surface area contributed by atoms with E-state index in [2.05, 4.69) is 20.7 Å². The molecule has 96 valence electrons. The van der Waals surface area contributed by atoms with Gasteiger partial charge in [0.25, 0.3) is 0 Å². The number of hydrogen-bond acceptors (Lipinski definition) is 3. The highest BCUT2D eigenvalue weighted by Crippen LogP contribution is 2.44. The molecular formula is C12H10BrCl2NO2. The first kappa shape index (κ1) is 15.3. The summed E-state index contributed by atoms with van der Waals surface area (Å²) in [5.74, 6) is -0.808. The number of carbonyl (C=O) groups excluding carboxylic acids is 1. The molecule has 0 aromatic heterocycles. The van der Waals surface area contributed by atoms with E-state index in [1.807, 2.05) is 6.07 Å². The number of rotatable bonds is 4. The Balaban J connectivity index is 3.02. The van der Waals surface area contributed by atoms with Crippen LogP contribution in [0.15, 0.2) is 24.3 Å². The van der Waals surface area contributed by atoms with Crippen LogP contribution >= 0.6 is 39.1 Å². The molecule has 6 heteroatoms. The number of alkyl halides is 3. The molecule has 0 radical (unpaired) electrons. The minimum Gasteiger partial charge on any atom is -0.465 e. The second-order valence-corrected chi connectivity index (χ2v) is 7.12. The Morgan fingerprint density at radius 3 is 2.44 bits per heavy atom. The lowest BCUT2D eigenvalue weighted by atomic mass is 9.97. The second-order valence-electron chi connectivity index (χ2n) is 3.57. The van der Waals surface area contributed by atoms with Crippen molar-refractivity contribution in [3.8, 4) is 6.07 Å². The summed E-state index contributed by atoms with van der Waals surface area (Å²) in [6.07, 6.45) is 0.163. The van der Waals surface area contributed by atoms with Crippen molar-refractivity contribution in [1.82, 2.24) is 0 Å². The Hall–Kier alpha value is -0.760. The molecule has 18 heavy (non-hydrogen) atoms. The van der Waals surface area contributed by atoms with Crippen LogP contribution in [0.5, 0.6) is 0 Å². The Bertz CT molecular complexity index is 462. The van der Waals surface area contributed by atoms with E-state index in [0.717, 1.165) is 5.56 Å². The molecule has 1 aromatic carbocycles. The molecule has 0 fully saturated rings. The maximum Gasteiger partial charge on any atom is 0.337 e. The molecule has 0 bridgehead atoms. The minimum atomic E-state index is -1.23. The third-order valence-corrected chi connectivity index (χ3v) is 3.50. The van der Waals surface area contributed by atoms with E-state index in [1.165, 1.54) is 7.11 Å². The highest BCUT2D eigenvalue weighted by Gasteiger charge is 2.33. The topological polar surface area (TPSA) is 50.1 Å². The third-order valence-electron chi connectivity index (χ3n) is 2.42. The summed E-state index contributed by atoms with van der Waals surface area (Å²) in [5.41, 5.74) is 1.20. The van der Waals surface area contributed by atoms with Crippen molar-refractivity contribution in [1.29, 1.82) is 5.26 Å². The van der Waals surface area contributed by atoms with Crippen molar-refractivity contribution in [3.63, 3.8) is 0 Å². The number of nitrogens with zero attached hydrogens (tertiary/aromatic N) is 1. The third kappa shape index (κ3) is 3.88. The molecular weight excluding hydrogens is 341 g/mol. The predicted octanol–water partition coefficient (Wildman–Crippen LogP) is 4.00. The molecule has 1 aromatic rings. The normalized spacial score (nSPS) is 12.6. The van der Waals surface area contributed by atoms with Crippen molar-refractivity contribution < 1.29 is 9.53 Å². The average Bonchev–Trinajstić information content (AvgIpc) is 2.34. The van der Waals surface area contributed by atoms with Gasteiger partial charge in [0, 0.05) is 12.3 Å².